The quantitative estimate of drug-likeness (QED) is 0.804. The van der Waals surface area contributed by atoms with Crippen molar-refractivity contribution in [2.75, 3.05) is 11.3 Å². The van der Waals surface area contributed by atoms with E-state index in [0.29, 0.717) is 5.69 Å². The lowest BCUT2D eigenvalue weighted by Gasteiger charge is -2.11. The molecular formula is C13H15N3O2S. The van der Waals surface area contributed by atoms with Crippen LogP contribution in [0.25, 0.3) is 0 Å². The van der Waals surface area contributed by atoms with Crippen LogP contribution < -0.4 is 10.5 Å². The summed E-state index contributed by atoms with van der Waals surface area (Å²) in [5.41, 5.74) is 6.42. The molecular weight excluding hydrogens is 262 g/mol. The Hall–Kier alpha value is -2.02. The maximum Gasteiger partial charge on any atom is 0.249 e. The lowest BCUT2D eigenvalue weighted by atomic mass is 10.2. The number of nitriles is 1. The van der Waals surface area contributed by atoms with Gasteiger partial charge in [-0.3, -0.25) is 4.72 Å². The molecule has 0 amide bonds. The van der Waals surface area contributed by atoms with Crippen LogP contribution in [-0.2, 0) is 10.0 Å². The minimum atomic E-state index is -3.67. The van der Waals surface area contributed by atoms with Crippen molar-refractivity contribution in [1.29, 1.82) is 5.26 Å². The Morgan fingerprint density at radius 2 is 2.00 bits per heavy atom. The van der Waals surface area contributed by atoms with E-state index < -0.39 is 15.3 Å². The fourth-order valence-corrected chi connectivity index (χ4v) is 2.57. The molecule has 1 atom stereocenters. The molecule has 1 rings (SSSR count). The lowest BCUT2D eigenvalue weighted by molar-refractivity contribution is 0.593. The number of nitrogens with one attached hydrogen (secondary N) is 1. The molecule has 0 aromatic heterocycles. The summed E-state index contributed by atoms with van der Waals surface area (Å²) in [5.74, 6) is 5.54. The number of hydrogen-bond acceptors (Lipinski definition) is 4. The molecule has 19 heavy (non-hydrogen) atoms. The van der Waals surface area contributed by atoms with Crippen LogP contribution in [0, 0.1) is 23.2 Å². The third-order valence-electron chi connectivity index (χ3n) is 2.37. The molecule has 0 fully saturated rings. The molecule has 3 N–H and O–H groups in total. The van der Waals surface area contributed by atoms with Gasteiger partial charge < -0.3 is 5.73 Å². The average molecular weight is 277 g/mol. The molecule has 0 spiro atoms. The van der Waals surface area contributed by atoms with Crippen LogP contribution >= 0.6 is 0 Å². The van der Waals surface area contributed by atoms with Gasteiger partial charge in [0.1, 0.15) is 0 Å². The first-order valence-electron chi connectivity index (χ1n) is 5.73. The maximum atomic E-state index is 11.8. The van der Waals surface area contributed by atoms with Gasteiger partial charge in [0.25, 0.3) is 0 Å². The van der Waals surface area contributed by atoms with E-state index in [-0.39, 0.29) is 13.0 Å². The lowest BCUT2D eigenvalue weighted by Crippen LogP contribution is -2.25. The van der Waals surface area contributed by atoms with E-state index in [9.17, 15) is 8.42 Å². The van der Waals surface area contributed by atoms with Gasteiger partial charge in [-0.2, -0.15) is 5.26 Å². The number of benzene rings is 1. The molecule has 0 bridgehead atoms. The van der Waals surface area contributed by atoms with Crippen LogP contribution in [0.3, 0.4) is 0 Å². The summed E-state index contributed by atoms with van der Waals surface area (Å²) >= 11 is 0. The van der Waals surface area contributed by atoms with E-state index in [2.05, 4.69) is 16.6 Å². The Balaban J connectivity index is 2.87. The van der Waals surface area contributed by atoms with Crippen LogP contribution in [0.2, 0.25) is 0 Å². The summed E-state index contributed by atoms with van der Waals surface area (Å²) in [7, 11) is -3.67. The van der Waals surface area contributed by atoms with Gasteiger partial charge in [-0.25, -0.2) is 8.42 Å². The molecule has 6 heteroatoms. The smallest absolute Gasteiger partial charge is 0.249 e. The van der Waals surface area contributed by atoms with Gasteiger partial charge in [0, 0.05) is 11.3 Å². The van der Waals surface area contributed by atoms with Crippen molar-refractivity contribution < 1.29 is 8.42 Å². The largest absolute Gasteiger partial charge is 0.320 e. The summed E-state index contributed by atoms with van der Waals surface area (Å²) < 4.78 is 26.1. The van der Waals surface area contributed by atoms with Crippen molar-refractivity contribution in [2.24, 2.45) is 5.73 Å². The summed E-state index contributed by atoms with van der Waals surface area (Å²) in [6, 6.07) is 8.34. The van der Waals surface area contributed by atoms with Crippen molar-refractivity contribution in [3.8, 4) is 17.9 Å². The van der Waals surface area contributed by atoms with Crippen LogP contribution in [0.15, 0.2) is 24.3 Å². The SMILES string of the molecule is CCC(C#N)S(=O)(=O)Nc1ccc(C#CCN)cc1. The molecule has 1 unspecified atom stereocenters. The number of rotatable bonds is 4. The highest BCUT2D eigenvalue weighted by molar-refractivity contribution is 7.93. The molecule has 0 heterocycles. The topological polar surface area (TPSA) is 96.0 Å². The number of nitrogens with two attached hydrogens (primary N) is 1. The van der Waals surface area contributed by atoms with Gasteiger partial charge in [0.15, 0.2) is 5.25 Å². The molecule has 0 radical (unpaired) electrons. The number of hydrogen-bond donors (Lipinski definition) is 2. The molecule has 1 aromatic carbocycles. The van der Waals surface area contributed by atoms with Crippen LogP contribution in [0.5, 0.6) is 0 Å². The first kappa shape index (κ1) is 15.0. The molecule has 1 aromatic rings. The van der Waals surface area contributed by atoms with Crippen molar-refractivity contribution in [1.82, 2.24) is 0 Å². The average Bonchev–Trinajstić information content (AvgIpc) is 2.38. The van der Waals surface area contributed by atoms with E-state index in [1.54, 1.807) is 37.3 Å². The zero-order chi connectivity index (χ0) is 14.3. The zero-order valence-corrected chi connectivity index (χ0v) is 11.4. The highest BCUT2D eigenvalue weighted by Crippen LogP contribution is 2.14. The Labute approximate surface area is 113 Å². The fourth-order valence-electron chi connectivity index (χ4n) is 1.39. The molecule has 0 aliphatic rings. The molecule has 0 saturated carbocycles. The zero-order valence-electron chi connectivity index (χ0n) is 10.6. The third-order valence-corrected chi connectivity index (χ3v) is 4.08. The van der Waals surface area contributed by atoms with Crippen molar-refractivity contribution >= 4 is 15.7 Å². The van der Waals surface area contributed by atoms with Gasteiger partial charge >= 0.3 is 0 Å². The molecule has 0 aliphatic carbocycles. The summed E-state index contributed by atoms with van der Waals surface area (Å²) in [6.07, 6.45) is 0.242. The Morgan fingerprint density at radius 3 is 2.47 bits per heavy atom. The summed E-state index contributed by atoms with van der Waals surface area (Å²) in [6.45, 7) is 1.92. The first-order valence-corrected chi connectivity index (χ1v) is 7.28. The number of anilines is 1. The van der Waals surface area contributed by atoms with E-state index in [0.717, 1.165) is 5.56 Å². The van der Waals surface area contributed by atoms with Gasteiger partial charge in [-0.05, 0) is 30.7 Å². The van der Waals surface area contributed by atoms with Crippen molar-refractivity contribution in [3.05, 3.63) is 29.8 Å². The Morgan fingerprint density at radius 1 is 1.37 bits per heavy atom. The highest BCUT2D eigenvalue weighted by Gasteiger charge is 2.23. The third kappa shape index (κ3) is 4.29. The maximum absolute atomic E-state index is 11.8. The Kier molecular flexibility index (Phi) is 5.37. The number of nitrogens with zero attached hydrogens (tertiary/aromatic N) is 1. The molecule has 100 valence electrons. The van der Waals surface area contributed by atoms with Crippen molar-refractivity contribution in [3.63, 3.8) is 0 Å². The molecule has 0 aliphatic heterocycles. The summed E-state index contributed by atoms with van der Waals surface area (Å²) in [4.78, 5) is 0. The van der Waals surface area contributed by atoms with E-state index in [4.69, 9.17) is 11.0 Å². The van der Waals surface area contributed by atoms with Gasteiger partial charge in [0.2, 0.25) is 10.0 Å². The highest BCUT2D eigenvalue weighted by atomic mass is 32.2. The predicted molar refractivity (Wildman–Crippen MR) is 74.6 cm³/mol. The van der Waals surface area contributed by atoms with Gasteiger partial charge in [0.05, 0.1) is 12.6 Å². The standard InChI is InChI=1S/C13H15N3O2S/c1-2-13(10-15)19(17,18)16-12-7-5-11(6-8-12)4-3-9-14/h5-8,13,16H,2,9,14H2,1H3. The van der Waals surface area contributed by atoms with Gasteiger partial charge in [-0.15, -0.1) is 0 Å². The normalized spacial score (nSPS) is 11.8. The van der Waals surface area contributed by atoms with Crippen LogP contribution in [0.4, 0.5) is 5.69 Å². The fraction of sp³-hybridized carbons (Fsp3) is 0.308. The van der Waals surface area contributed by atoms with E-state index >= 15 is 0 Å². The molecule has 5 nitrogen and oxygen atoms in total. The minimum Gasteiger partial charge on any atom is -0.320 e. The predicted octanol–water partition coefficient (Wildman–Crippen LogP) is 1.04. The first-order chi connectivity index (χ1) is 9.03. The van der Waals surface area contributed by atoms with Crippen LogP contribution in [0.1, 0.15) is 18.9 Å². The second kappa shape index (κ2) is 6.79. The molecule has 0 saturated heterocycles. The second-order valence-electron chi connectivity index (χ2n) is 3.76. The van der Waals surface area contributed by atoms with Gasteiger partial charge in [-0.1, -0.05) is 18.8 Å². The number of sulfonamides is 1. The minimum absolute atomic E-state index is 0.242. The Bertz CT molecular complexity index is 619. The van der Waals surface area contributed by atoms with E-state index in [1.165, 1.54) is 0 Å². The van der Waals surface area contributed by atoms with E-state index in [1.807, 2.05) is 0 Å². The van der Waals surface area contributed by atoms with Crippen LogP contribution in [-0.4, -0.2) is 20.2 Å². The second-order valence-corrected chi connectivity index (χ2v) is 5.62. The summed E-state index contributed by atoms with van der Waals surface area (Å²) in [5, 5.41) is 7.73. The van der Waals surface area contributed by atoms with Crippen molar-refractivity contribution in [2.45, 2.75) is 18.6 Å². The monoisotopic (exact) mass is 277 g/mol.